The van der Waals surface area contributed by atoms with Gasteiger partial charge >= 0.3 is 0 Å². The largest absolute Gasteiger partial charge is 0.346 e. The van der Waals surface area contributed by atoms with E-state index in [-0.39, 0.29) is 0 Å². The molecule has 6 heteroatoms. The summed E-state index contributed by atoms with van der Waals surface area (Å²) in [5.74, 6) is 1.75. The second-order valence-electron chi connectivity index (χ2n) is 4.93. The van der Waals surface area contributed by atoms with Crippen molar-refractivity contribution in [2.24, 2.45) is 0 Å². The molecule has 0 unspecified atom stereocenters. The molecular formula is C14H14ClN5. The maximum absolute atomic E-state index is 9.00. The molecule has 1 aliphatic rings. The lowest BCUT2D eigenvalue weighted by atomic mass is 10.2. The van der Waals surface area contributed by atoms with Crippen LogP contribution in [0.15, 0.2) is 12.3 Å². The van der Waals surface area contributed by atoms with Gasteiger partial charge in [0.2, 0.25) is 0 Å². The van der Waals surface area contributed by atoms with Gasteiger partial charge in [-0.2, -0.15) is 5.26 Å². The fourth-order valence-corrected chi connectivity index (χ4v) is 2.77. The molecule has 0 aliphatic carbocycles. The van der Waals surface area contributed by atoms with Crippen LogP contribution in [-0.4, -0.2) is 21.1 Å². The smallest absolute Gasteiger partial charge is 0.148 e. The summed E-state index contributed by atoms with van der Waals surface area (Å²) >= 11 is 6.26. The van der Waals surface area contributed by atoms with Gasteiger partial charge in [-0.05, 0) is 19.9 Å². The number of anilines is 1. The Labute approximate surface area is 122 Å². The van der Waals surface area contributed by atoms with Gasteiger partial charge in [-0.1, -0.05) is 11.6 Å². The minimum Gasteiger partial charge on any atom is -0.346 e. The summed E-state index contributed by atoms with van der Waals surface area (Å²) in [4.78, 5) is 11.0. The van der Waals surface area contributed by atoms with E-state index in [4.69, 9.17) is 16.9 Å². The Morgan fingerprint density at radius 2 is 2.15 bits per heavy atom. The third kappa shape index (κ3) is 2.02. The van der Waals surface area contributed by atoms with Crippen LogP contribution in [0.1, 0.15) is 22.8 Å². The van der Waals surface area contributed by atoms with E-state index >= 15 is 0 Å². The second kappa shape index (κ2) is 4.80. The van der Waals surface area contributed by atoms with Crippen LogP contribution in [0.3, 0.4) is 0 Å². The highest BCUT2D eigenvalue weighted by molar-refractivity contribution is 6.33. The Hall–Kier alpha value is -2.06. The summed E-state index contributed by atoms with van der Waals surface area (Å²) < 4.78 is 2.21. The van der Waals surface area contributed by atoms with E-state index in [0.29, 0.717) is 22.8 Å². The maximum Gasteiger partial charge on any atom is 0.148 e. The highest BCUT2D eigenvalue weighted by Crippen LogP contribution is 2.28. The molecule has 0 saturated heterocycles. The van der Waals surface area contributed by atoms with Crippen molar-refractivity contribution in [2.75, 3.05) is 11.4 Å². The summed E-state index contributed by atoms with van der Waals surface area (Å²) in [7, 11) is 0. The topological polar surface area (TPSA) is 57.7 Å². The van der Waals surface area contributed by atoms with Gasteiger partial charge in [0.25, 0.3) is 0 Å². The van der Waals surface area contributed by atoms with Crippen LogP contribution in [0, 0.1) is 25.2 Å². The molecule has 0 bridgehead atoms. The maximum atomic E-state index is 9.00. The number of hydrogen-bond donors (Lipinski definition) is 0. The van der Waals surface area contributed by atoms with Crippen molar-refractivity contribution < 1.29 is 0 Å². The summed E-state index contributed by atoms with van der Waals surface area (Å²) in [5.41, 5.74) is 2.40. The zero-order valence-corrected chi connectivity index (χ0v) is 12.1. The molecule has 102 valence electrons. The molecule has 1 aliphatic heterocycles. The zero-order valence-electron chi connectivity index (χ0n) is 11.4. The number of aromatic nitrogens is 3. The lowest BCUT2D eigenvalue weighted by Gasteiger charge is -2.30. The Bertz CT molecular complexity index is 713. The number of imidazole rings is 1. The fourth-order valence-electron chi connectivity index (χ4n) is 2.50. The highest BCUT2D eigenvalue weighted by Gasteiger charge is 2.22. The van der Waals surface area contributed by atoms with E-state index in [0.717, 1.165) is 24.7 Å². The van der Waals surface area contributed by atoms with E-state index in [1.54, 1.807) is 6.07 Å². The average Bonchev–Trinajstić information content (AvgIpc) is 2.82. The van der Waals surface area contributed by atoms with Gasteiger partial charge in [0.15, 0.2) is 0 Å². The van der Waals surface area contributed by atoms with Crippen LogP contribution >= 0.6 is 11.6 Å². The molecule has 0 radical (unpaired) electrons. The first-order valence-corrected chi connectivity index (χ1v) is 6.81. The van der Waals surface area contributed by atoms with Gasteiger partial charge < -0.3 is 9.47 Å². The van der Waals surface area contributed by atoms with E-state index < -0.39 is 0 Å². The number of aryl methyl sites for hydroxylation is 2. The van der Waals surface area contributed by atoms with Gasteiger partial charge in [-0.25, -0.2) is 9.97 Å². The molecule has 2 aromatic rings. The molecule has 0 amide bonds. The molecule has 20 heavy (non-hydrogen) atoms. The standard InChI is InChI=1S/C14H14ClN5/c1-9-7-17-13-8-19(3-4-20(9)13)14-12(15)5-11(6-16)10(2)18-14/h5,7H,3-4,8H2,1-2H3. The Morgan fingerprint density at radius 1 is 1.35 bits per heavy atom. The van der Waals surface area contributed by atoms with Crippen molar-refractivity contribution in [3.8, 4) is 6.07 Å². The minimum absolute atomic E-state index is 0.517. The normalized spacial score (nSPS) is 14.0. The van der Waals surface area contributed by atoms with Gasteiger partial charge in [-0.3, -0.25) is 0 Å². The Kier molecular flexibility index (Phi) is 3.11. The average molecular weight is 288 g/mol. The first-order chi connectivity index (χ1) is 9.60. The highest BCUT2D eigenvalue weighted by atomic mass is 35.5. The van der Waals surface area contributed by atoms with E-state index in [1.165, 1.54) is 5.69 Å². The lowest BCUT2D eigenvalue weighted by molar-refractivity contribution is 0.547. The number of nitriles is 1. The van der Waals surface area contributed by atoms with Gasteiger partial charge in [0, 0.05) is 25.0 Å². The summed E-state index contributed by atoms with van der Waals surface area (Å²) in [6, 6.07) is 3.79. The van der Waals surface area contributed by atoms with E-state index in [1.807, 2.05) is 13.1 Å². The first-order valence-electron chi connectivity index (χ1n) is 6.43. The summed E-state index contributed by atoms with van der Waals surface area (Å²) in [6.45, 7) is 6.28. The Morgan fingerprint density at radius 3 is 2.90 bits per heavy atom. The lowest BCUT2D eigenvalue weighted by Crippen LogP contribution is -2.35. The van der Waals surface area contributed by atoms with Crippen molar-refractivity contribution in [1.29, 1.82) is 5.26 Å². The van der Waals surface area contributed by atoms with Crippen molar-refractivity contribution in [2.45, 2.75) is 26.9 Å². The van der Waals surface area contributed by atoms with Crippen LogP contribution in [0.2, 0.25) is 5.02 Å². The Balaban J connectivity index is 1.96. The first kappa shape index (κ1) is 12.9. The third-order valence-electron chi connectivity index (χ3n) is 3.63. The van der Waals surface area contributed by atoms with Crippen LogP contribution in [0.4, 0.5) is 5.82 Å². The van der Waals surface area contributed by atoms with Crippen molar-refractivity contribution in [3.05, 3.63) is 40.1 Å². The minimum atomic E-state index is 0.517. The predicted molar refractivity (Wildman–Crippen MR) is 76.7 cm³/mol. The SMILES string of the molecule is Cc1nc(N2CCn3c(C)cnc3C2)c(Cl)cc1C#N. The summed E-state index contributed by atoms with van der Waals surface area (Å²) in [5, 5.41) is 9.52. The molecule has 0 N–H and O–H groups in total. The van der Waals surface area contributed by atoms with Crippen LogP contribution in [0.25, 0.3) is 0 Å². The van der Waals surface area contributed by atoms with Gasteiger partial charge in [0.1, 0.15) is 17.7 Å². The van der Waals surface area contributed by atoms with Crippen LogP contribution in [-0.2, 0) is 13.1 Å². The quantitative estimate of drug-likeness (QED) is 0.808. The van der Waals surface area contributed by atoms with Crippen LogP contribution < -0.4 is 4.90 Å². The summed E-state index contributed by atoms with van der Waals surface area (Å²) in [6.07, 6.45) is 1.89. The fraction of sp³-hybridized carbons (Fsp3) is 0.357. The number of nitrogens with zero attached hydrogens (tertiary/aromatic N) is 5. The van der Waals surface area contributed by atoms with Crippen molar-refractivity contribution in [1.82, 2.24) is 14.5 Å². The molecule has 0 saturated carbocycles. The zero-order chi connectivity index (χ0) is 14.3. The number of halogens is 1. The number of fused-ring (bicyclic) bond motifs is 1. The molecule has 3 rings (SSSR count). The molecule has 3 heterocycles. The number of rotatable bonds is 1. The number of hydrogen-bond acceptors (Lipinski definition) is 4. The van der Waals surface area contributed by atoms with Crippen molar-refractivity contribution >= 4 is 17.4 Å². The van der Waals surface area contributed by atoms with E-state index in [9.17, 15) is 0 Å². The van der Waals surface area contributed by atoms with Crippen molar-refractivity contribution in [3.63, 3.8) is 0 Å². The predicted octanol–water partition coefficient (Wildman–Crippen LogP) is 2.44. The molecule has 2 aromatic heterocycles. The molecule has 0 aromatic carbocycles. The third-order valence-corrected chi connectivity index (χ3v) is 3.91. The molecule has 0 atom stereocenters. The van der Waals surface area contributed by atoms with E-state index in [2.05, 4.69) is 32.4 Å². The van der Waals surface area contributed by atoms with Gasteiger partial charge in [-0.15, -0.1) is 0 Å². The molecule has 0 spiro atoms. The second-order valence-corrected chi connectivity index (χ2v) is 5.33. The molecule has 5 nitrogen and oxygen atoms in total. The monoisotopic (exact) mass is 287 g/mol. The molecular weight excluding hydrogens is 274 g/mol. The molecule has 0 fully saturated rings. The van der Waals surface area contributed by atoms with Gasteiger partial charge in [0.05, 0.1) is 22.8 Å². The van der Waals surface area contributed by atoms with Crippen LogP contribution in [0.5, 0.6) is 0 Å². The number of pyridine rings is 1.